The molecule has 1 heterocycles. The molecule has 2 bridgehead atoms. The molecule has 0 spiro atoms. The zero-order chi connectivity index (χ0) is 16.8. The summed E-state index contributed by atoms with van der Waals surface area (Å²) >= 11 is 0. The van der Waals surface area contributed by atoms with Gasteiger partial charge in [0, 0.05) is 19.6 Å². The van der Waals surface area contributed by atoms with Crippen LogP contribution in [0.5, 0.6) is 0 Å². The first-order valence-electron chi connectivity index (χ1n) is 9.38. The second-order valence-electron chi connectivity index (χ2n) is 9.26. The van der Waals surface area contributed by atoms with E-state index in [1.807, 2.05) is 0 Å². The third kappa shape index (κ3) is 3.46. The number of nitrogens with zero attached hydrogens (tertiary/aromatic N) is 1. The summed E-state index contributed by atoms with van der Waals surface area (Å²) in [7, 11) is 0. The minimum atomic E-state index is -0.411. The van der Waals surface area contributed by atoms with Crippen molar-refractivity contribution in [1.29, 1.82) is 0 Å². The fourth-order valence-electron chi connectivity index (χ4n) is 5.66. The summed E-state index contributed by atoms with van der Waals surface area (Å²) in [5.41, 5.74) is 0.560. The molecule has 1 N–H and O–H groups in total. The monoisotopic (exact) mass is 325 g/mol. The molecule has 0 aromatic rings. The van der Waals surface area contributed by atoms with E-state index in [9.17, 15) is 5.11 Å². The van der Waals surface area contributed by atoms with Gasteiger partial charge in [0.25, 0.3) is 0 Å². The zero-order valence-corrected chi connectivity index (χ0v) is 15.5. The van der Waals surface area contributed by atoms with Crippen LogP contribution < -0.4 is 0 Å². The van der Waals surface area contributed by atoms with Crippen molar-refractivity contribution in [3.05, 3.63) is 0 Å². The molecule has 4 heteroatoms. The fourth-order valence-corrected chi connectivity index (χ4v) is 5.66. The van der Waals surface area contributed by atoms with Gasteiger partial charge in [0.05, 0.1) is 31.0 Å². The highest BCUT2D eigenvalue weighted by Crippen LogP contribution is 2.63. The van der Waals surface area contributed by atoms with Crippen molar-refractivity contribution in [2.45, 2.75) is 78.3 Å². The van der Waals surface area contributed by atoms with Crippen molar-refractivity contribution >= 4 is 0 Å². The van der Waals surface area contributed by atoms with Gasteiger partial charge in [-0.15, -0.1) is 0 Å². The Morgan fingerprint density at radius 1 is 1.22 bits per heavy atom. The van der Waals surface area contributed by atoms with E-state index in [2.05, 4.69) is 39.5 Å². The van der Waals surface area contributed by atoms with Crippen LogP contribution in [-0.4, -0.2) is 60.7 Å². The Bertz CT molecular complexity index is 412. The smallest absolute Gasteiger partial charge is 0.0900 e. The maximum atomic E-state index is 10.5. The Morgan fingerprint density at radius 3 is 2.43 bits per heavy atom. The van der Waals surface area contributed by atoms with Crippen molar-refractivity contribution < 1.29 is 14.6 Å². The predicted octanol–water partition coefficient (Wildman–Crippen LogP) is 2.69. The zero-order valence-electron chi connectivity index (χ0n) is 15.5. The number of β-amino-alcohol motifs (C(OH)–C–C–N with tert-alkyl or cyclic N) is 1. The Balaban J connectivity index is 1.50. The van der Waals surface area contributed by atoms with E-state index < -0.39 is 6.10 Å². The van der Waals surface area contributed by atoms with E-state index in [1.54, 1.807) is 0 Å². The van der Waals surface area contributed by atoms with Gasteiger partial charge in [-0.25, -0.2) is 0 Å². The van der Waals surface area contributed by atoms with E-state index in [0.717, 1.165) is 19.0 Å². The van der Waals surface area contributed by atoms with E-state index in [0.29, 0.717) is 18.6 Å². The van der Waals surface area contributed by atoms with E-state index in [4.69, 9.17) is 9.47 Å². The lowest BCUT2D eigenvalue weighted by Crippen LogP contribution is -2.49. The number of ether oxygens (including phenoxy) is 2. The van der Waals surface area contributed by atoms with Gasteiger partial charge in [0.15, 0.2) is 0 Å². The fraction of sp³-hybridized carbons (Fsp3) is 1.00. The van der Waals surface area contributed by atoms with E-state index in [-0.39, 0.29) is 23.7 Å². The third-order valence-electron chi connectivity index (χ3n) is 6.56. The molecule has 3 aliphatic rings. The largest absolute Gasteiger partial charge is 0.389 e. The summed E-state index contributed by atoms with van der Waals surface area (Å²) in [4.78, 5) is 2.31. The molecule has 0 aromatic heterocycles. The Morgan fingerprint density at radius 2 is 1.87 bits per heavy atom. The highest BCUT2D eigenvalue weighted by molar-refractivity contribution is 5.09. The van der Waals surface area contributed by atoms with Crippen LogP contribution >= 0.6 is 0 Å². The van der Waals surface area contributed by atoms with Crippen molar-refractivity contribution in [3.63, 3.8) is 0 Å². The van der Waals surface area contributed by atoms with Crippen LogP contribution in [0, 0.1) is 16.7 Å². The predicted molar refractivity (Wildman–Crippen MR) is 91.4 cm³/mol. The number of hydrogen-bond donors (Lipinski definition) is 1. The summed E-state index contributed by atoms with van der Waals surface area (Å²) in [6.07, 6.45) is 4.28. The molecule has 0 unspecified atom stereocenters. The number of rotatable bonds is 5. The average molecular weight is 325 g/mol. The molecule has 0 radical (unpaired) electrons. The molecule has 1 aliphatic heterocycles. The molecule has 23 heavy (non-hydrogen) atoms. The van der Waals surface area contributed by atoms with Gasteiger partial charge in [-0.3, -0.25) is 4.90 Å². The molecule has 134 valence electrons. The van der Waals surface area contributed by atoms with Gasteiger partial charge in [0.2, 0.25) is 0 Å². The van der Waals surface area contributed by atoms with Crippen LogP contribution in [0.15, 0.2) is 0 Å². The third-order valence-corrected chi connectivity index (χ3v) is 6.56. The number of aliphatic hydroxyl groups is 1. The van der Waals surface area contributed by atoms with Crippen molar-refractivity contribution in [1.82, 2.24) is 4.90 Å². The summed E-state index contributed by atoms with van der Waals surface area (Å²) in [5.74, 6) is 0.788. The Kier molecular flexibility index (Phi) is 4.83. The maximum Gasteiger partial charge on any atom is 0.0900 e. The summed E-state index contributed by atoms with van der Waals surface area (Å²) < 4.78 is 12.1. The van der Waals surface area contributed by atoms with Crippen LogP contribution in [0.2, 0.25) is 0 Å². The minimum absolute atomic E-state index is 0.245. The van der Waals surface area contributed by atoms with Crippen LogP contribution in [0.4, 0.5) is 0 Å². The molecule has 3 fully saturated rings. The summed E-state index contributed by atoms with van der Waals surface area (Å²) in [5, 5.41) is 10.5. The second kappa shape index (κ2) is 6.29. The number of hydrogen-bond acceptors (Lipinski definition) is 4. The van der Waals surface area contributed by atoms with Crippen molar-refractivity contribution in [2.24, 2.45) is 16.7 Å². The van der Waals surface area contributed by atoms with Crippen molar-refractivity contribution in [2.75, 3.05) is 26.2 Å². The van der Waals surface area contributed by atoms with Crippen LogP contribution in [-0.2, 0) is 9.47 Å². The SMILES string of the molecule is C[C@@H]1CN(C[C@H](O)CO[C@H]2C(C)(C)[C@H]3CC[C@@]2(C)C3)C[C@H](C)O1. The average Bonchev–Trinajstić information content (AvgIpc) is 2.88. The lowest BCUT2D eigenvalue weighted by Gasteiger charge is -2.43. The molecule has 1 saturated heterocycles. The lowest BCUT2D eigenvalue weighted by atomic mass is 9.70. The van der Waals surface area contributed by atoms with Crippen molar-refractivity contribution in [3.8, 4) is 0 Å². The summed E-state index contributed by atoms with van der Waals surface area (Å²) in [6.45, 7) is 14.2. The van der Waals surface area contributed by atoms with Gasteiger partial charge in [-0.05, 0) is 49.9 Å². The highest BCUT2D eigenvalue weighted by Gasteiger charge is 2.60. The molecule has 2 saturated carbocycles. The van der Waals surface area contributed by atoms with Gasteiger partial charge in [-0.1, -0.05) is 20.8 Å². The molecule has 4 nitrogen and oxygen atoms in total. The maximum absolute atomic E-state index is 10.5. The standard InChI is InChI=1S/C19H35NO3/c1-13-9-20(10-14(2)23-13)11-16(21)12-22-17-18(3,4)15-6-7-19(17,5)8-15/h13-17,21H,6-12H2,1-5H3/t13-,14+,15-,16-,17-,19-/m0/s1. The molecule has 0 aromatic carbocycles. The molecule has 3 rings (SSSR count). The summed E-state index contributed by atoms with van der Waals surface area (Å²) in [6, 6.07) is 0. The molecule has 2 aliphatic carbocycles. The van der Waals surface area contributed by atoms with Crippen LogP contribution in [0.3, 0.4) is 0 Å². The Labute approximate surface area is 141 Å². The quantitative estimate of drug-likeness (QED) is 0.844. The topological polar surface area (TPSA) is 41.9 Å². The first kappa shape index (κ1) is 17.7. The van der Waals surface area contributed by atoms with Gasteiger partial charge in [-0.2, -0.15) is 0 Å². The first-order valence-corrected chi connectivity index (χ1v) is 9.38. The minimum Gasteiger partial charge on any atom is -0.389 e. The van der Waals surface area contributed by atoms with E-state index >= 15 is 0 Å². The van der Waals surface area contributed by atoms with Gasteiger partial charge >= 0.3 is 0 Å². The second-order valence-corrected chi connectivity index (χ2v) is 9.26. The number of fused-ring (bicyclic) bond motifs is 2. The highest BCUT2D eigenvalue weighted by atomic mass is 16.5. The Hall–Kier alpha value is -0.160. The lowest BCUT2D eigenvalue weighted by molar-refractivity contribution is -0.121. The number of morpholine rings is 1. The molecular weight excluding hydrogens is 290 g/mol. The van der Waals surface area contributed by atoms with Crippen LogP contribution in [0.1, 0.15) is 53.9 Å². The molecule has 6 atom stereocenters. The normalized spacial score (nSPS) is 44.6. The van der Waals surface area contributed by atoms with Gasteiger partial charge < -0.3 is 14.6 Å². The number of aliphatic hydroxyl groups excluding tert-OH is 1. The van der Waals surface area contributed by atoms with Crippen LogP contribution in [0.25, 0.3) is 0 Å². The van der Waals surface area contributed by atoms with Gasteiger partial charge in [0.1, 0.15) is 0 Å². The molecular formula is C19H35NO3. The first-order chi connectivity index (χ1) is 10.7. The van der Waals surface area contributed by atoms with E-state index in [1.165, 1.54) is 19.3 Å². The molecule has 0 amide bonds.